The molecule has 5 heteroatoms. The fourth-order valence-electron chi connectivity index (χ4n) is 7.12. The van der Waals surface area contributed by atoms with Crippen LogP contribution in [0.2, 0.25) is 0 Å². The van der Waals surface area contributed by atoms with Crippen LogP contribution in [0.4, 0.5) is 0 Å². The zero-order valence-electron chi connectivity index (χ0n) is 26.9. The average Bonchev–Trinajstić information content (AvgIpc) is 3.72. The molecule has 3 aromatic heterocycles. The van der Waals surface area contributed by atoms with Crippen molar-refractivity contribution in [2.45, 2.75) is 0 Å². The van der Waals surface area contributed by atoms with Gasteiger partial charge in [0.1, 0.15) is 11.2 Å². The Labute approximate surface area is 287 Å². The van der Waals surface area contributed by atoms with Gasteiger partial charge in [-0.15, -0.1) is 0 Å². The van der Waals surface area contributed by atoms with Crippen LogP contribution in [0.3, 0.4) is 0 Å². The van der Waals surface area contributed by atoms with Crippen LogP contribution in [-0.4, -0.2) is 19.5 Å². The summed E-state index contributed by atoms with van der Waals surface area (Å²) in [7, 11) is 0. The van der Waals surface area contributed by atoms with Gasteiger partial charge in [-0.1, -0.05) is 127 Å². The Hall–Kier alpha value is -6.85. The third kappa shape index (κ3) is 4.60. The molecular weight excluding hydrogens is 613 g/mol. The smallest absolute Gasteiger partial charge is 0.166 e. The van der Waals surface area contributed by atoms with Gasteiger partial charge < -0.3 is 8.98 Å². The van der Waals surface area contributed by atoms with E-state index in [2.05, 4.69) is 120 Å². The molecule has 0 aliphatic heterocycles. The van der Waals surface area contributed by atoms with Crippen LogP contribution in [-0.2, 0) is 0 Å². The number of rotatable bonds is 5. The van der Waals surface area contributed by atoms with Crippen molar-refractivity contribution in [3.05, 3.63) is 170 Å². The summed E-state index contributed by atoms with van der Waals surface area (Å²) >= 11 is 0. The molecule has 50 heavy (non-hydrogen) atoms. The Morgan fingerprint density at radius 3 is 1.82 bits per heavy atom. The van der Waals surface area contributed by atoms with E-state index in [9.17, 15) is 0 Å². The summed E-state index contributed by atoms with van der Waals surface area (Å²) in [6, 6.07) is 58.5. The lowest BCUT2D eigenvalue weighted by molar-refractivity contribution is 0.669. The van der Waals surface area contributed by atoms with Crippen LogP contribution in [0, 0.1) is 0 Å². The second-order valence-corrected chi connectivity index (χ2v) is 12.5. The van der Waals surface area contributed by atoms with Crippen molar-refractivity contribution >= 4 is 43.7 Å². The second kappa shape index (κ2) is 11.4. The molecule has 234 valence electrons. The molecule has 0 fully saturated rings. The molecule has 0 saturated heterocycles. The molecule has 0 radical (unpaired) electrons. The summed E-state index contributed by atoms with van der Waals surface area (Å²) < 4.78 is 8.70. The number of para-hydroxylation sites is 3. The first kappa shape index (κ1) is 28.2. The van der Waals surface area contributed by atoms with Gasteiger partial charge >= 0.3 is 0 Å². The Morgan fingerprint density at radius 1 is 0.360 bits per heavy atom. The van der Waals surface area contributed by atoms with Crippen molar-refractivity contribution in [2.24, 2.45) is 0 Å². The van der Waals surface area contributed by atoms with E-state index in [0.29, 0.717) is 17.5 Å². The Morgan fingerprint density at radius 2 is 0.980 bits per heavy atom. The van der Waals surface area contributed by atoms with E-state index < -0.39 is 0 Å². The summed E-state index contributed by atoms with van der Waals surface area (Å²) in [4.78, 5) is 15.4. The lowest BCUT2D eigenvalue weighted by atomic mass is 10.0. The van der Waals surface area contributed by atoms with Crippen molar-refractivity contribution in [2.75, 3.05) is 0 Å². The van der Waals surface area contributed by atoms with Crippen LogP contribution < -0.4 is 0 Å². The molecule has 0 aliphatic carbocycles. The molecule has 0 unspecified atom stereocenters. The van der Waals surface area contributed by atoms with E-state index >= 15 is 0 Å². The monoisotopic (exact) mass is 640 g/mol. The van der Waals surface area contributed by atoms with Gasteiger partial charge in [-0.3, -0.25) is 0 Å². The Kier molecular flexibility index (Phi) is 6.42. The summed E-state index contributed by atoms with van der Waals surface area (Å²) in [5.74, 6) is 1.84. The molecule has 0 N–H and O–H groups in total. The van der Waals surface area contributed by atoms with Gasteiger partial charge in [0.2, 0.25) is 0 Å². The lowest BCUT2D eigenvalue weighted by Crippen LogP contribution is -2.03. The predicted octanol–water partition coefficient (Wildman–Crippen LogP) is 11.5. The zero-order valence-corrected chi connectivity index (χ0v) is 26.9. The normalized spacial score (nSPS) is 11.6. The van der Waals surface area contributed by atoms with E-state index in [4.69, 9.17) is 19.4 Å². The average molecular weight is 641 g/mol. The number of nitrogens with zero attached hydrogens (tertiary/aromatic N) is 4. The SMILES string of the molecule is c1ccc(-c2cccc(-c3nc(-c4ccccc4)nc(-c4ccccc4-n4c5ccccc5c5cc6c(cc54)oc4ccccc46)n3)c2)cc1. The predicted molar refractivity (Wildman–Crippen MR) is 203 cm³/mol. The molecular formula is C45H28N4O. The first-order chi connectivity index (χ1) is 24.8. The maximum atomic E-state index is 6.39. The number of benzene rings is 7. The van der Waals surface area contributed by atoms with Gasteiger partial charge in [0.25, 0.3) is 0 Å². The third-order valence-electron chi connectivity index (χ3n) is 9.45. The summed E-state index contributed by atoms with van der Waals surface area (Å²) in [6.07, 6.45) is 0. The minimum atomic E-state index is 0.602. The topological polar surface area (TPSA) is 56.7 Å². The highest BCUT2D eigenvalue weighted by atomic mass is 16.3. The van der Waals surface area contributed by atoms with Crippen molar-refractivity contribution in [3.63, 3.8) is 0 Å². The molecule has 10 rings (SSSR count). The fourth-order valence-corrected chi connectivity index (χ4v) is 7.12. The molecule has 7 aromatic carbocycles. The molecule has 0 spiro atoms. The van der Waals surface area contributed by atoms with Gasteiger partial charge in [0.15, 0.2) is 17.5 Å². The van der Waals surface area contributed by atoms with Gasteiger partial charge in [-0.05, 0) is 47.5 Å². The zero-order chi connectivity index (χ0) is 33.0. The molecule has 0 saturated carbocycles. The molecule has 0 bridgehead atoms. The first-order valence-corrected chi connectivity index (χ1v) is 16.7. The highest BCUT2D eigenvalue weighted by Crippen LogP contribution is 2.40. The minimum Gasteiger partial charge on any atom is -0.456 e. The highest BCUT2D eigenvalue weighted by molar-refractivity contribution is 6.17. The van der Waals surface area contributed by atoms with E-state index in [0.717, 1.165) is 71.9 Å². The Balaban J connectivity index is 1.22. The van der Waals surface area contributed by atoms with Gasteiger partial charge in [-0.25, -0.2) is 15.0 Å². The molecule has 5 nitrogen and oxygen atoms in total. The van der Waals surface area contributed by atoms with Crippen molar-refractivity contribution in [1.29, 1.82) is 0 Å². The number of aromatic nitrogens is 4. The molecule has 3 heterocycles. The third-order valence-corrected chi connectivity index (χ3v) is 9.45. The second-order valence-electron chi connectivity index (χ2n) is 12.5. The molecule has 10 aromatic rings. The first-order valence-electron chi connectivity index (χ1n) is 16.7. The highest BCUT2D eigenvalue weighted by Gasteiger charge is 2.20. The molecule has 0 amide bonds. The quantitative estimate of drug-likeness (QED) is 0.188. The van der Waals surface area contributed by atoms with Crippen molar-refractivity contribution < 1.29 is 4.42 Å². The molecule has 0 aliphatic rings. The number of furan rings is 1. The largest absolute Gasteiger partial charge is 0.456 e. The summed E-state index contributed by atoms with van der Waals surface area (Å²) in [5, 5.41) is 4.55. The minimum absolute atomic E-state index is 0.602. The van der Waals surface area contributed by atoms with Gasteiger partial charge in [-0.2, -0.15) is 0 Å². The van der Waals surface area contributed by atoms with Crippen LogP contribution in [0.15, 0.2) is 174 Å². The van der Waals surface area contributed by atoms with Crippen molar-refractivity contribution in [3.8, 4) is 51.0 Å². The van der Waals surface area contributed by atoms with Crippen LogP contribution in [0.25, 0.3) is 94.7 Å². The Bertz CT molecular complexity index is 2870. The van der Waals surface area contributed by atoms with Crippen molar-refractivity contribution in [1.82, 2.24) is 19.5 Å². The number of hydrogen-bond acceptors (Lipinski definition) is 4. The van der Waals surface area contributed by atoms with Crippen LogP contribution in [0.5, 0.6) is 0 Å². The lowest BCUT2D eigenvalue weighted by Gasteiger charge is -2.14. The van der Waals surface area contributed by atoms with Gasteiger partial charge in [0, 0.05) is 44.3 Å². The van der Waals surface area contributed by atoms with E-state index in [-0.39, 0.29) is 0 Å². The fraction of sp³-hybridized carbons (Fsp3) is 0. The van der Waals surface area contributed by atoms with E-state index in [1.165, 1.54) is 5.39 Å². The van der Waals surface area contributed by atoms with Crippen LogP contribution in [0.1, 0.15) is 0 Å². The van der Waals surface area contributed by atoms with E-state index in [1.807, 2.05) is 54.6 Å². The maximum Gasteiger partial charge on any atom is 0.166 e. The maximum absolute atomic E-state index is 6.39. The standard InChI is InChI=1S/C45H28N4O/c1-3-14-29(15-4-1)31-18-13-19-32(26-31)44-46-43(30-16-5-2-6-17-30)47-45(48-44)35-22-8-11-24-39(35)49-38-23-10-7-20-33(38)36-27-37-34-21-9-12-25-41(34)50-42(37)28-40(36)49/h1-28H. The van der Waals surface area contributed by atoms with Gasteiger partial charge in [0.05, 0.1) is 16.7 Å². The van der Waals surface area contributed by atoms with Crippen LogP contribution >= 0.6 is 0 Å². The number of hydrogen-bond donors (Lipinski definition) is 0. The van der Waals surface area contributed by atoms with E-state index in [1.54, 1.807) is 0 Å². The summed E-state index contributed by atoms with van der Waals surface area (Å²) in [6.45, 7) is 0. The molecule has 0 atom stereocenters. The number of fused-ring (bicyclic) bond motifs is 6. The summed E-state index contributed by atoms with van der Waals surface area (Å²) in [5.41, 5.74) is 9.87.